The predicted octanol–water partition coefficient (Wildman–Crippen LogP) is 2.95. The van der Waals surface area contributed by atoms with Gasteiger partial charge < -0.3 is 10.2 Å². The van der Waals surface area contributed by atoms with Crippen LogP contribution in [0.4, 0.5) is 0 Å². The molecule has 0 aliphatic rings. The third-order valence-corrected chi connectivity index (χ3v) is 3.86. The van der Waals surface area contributed by atoms with E-state index in [1.165, 1.54) is 11.1 Å². The Morgan fingerprint density at radius 1 is 0.905 bits per heavy atom. The summed E-state index contributed by atoms with van der Waals surface area (Å²) in [6.07, 6.45) is 0.950. The van der Waals surface area contributed by atoms with Crippen molar-refractivity contribution in [2.45, 2.75) is 32.5 Å². The Hall–Kier alpha value is -1.84. The monoisotopic (exact) mass is 285 g/mol. The number of aliphatic hydroxyl groups excluding tert-OH is 1. The fraction of sp³-hybridized carbons (Fsp3) is 0.333. The highest BCUT2D eigenvalue weighted by molar-refractivity contribution is 5.26. The summed E-state index contributed by atoms with van der Waals surface area (Å²) in [5.74, 6) is 0.309. The lowest BCUT2D eigenvalue weighted by molar-refractivity contribution is 0.248. The molecule has 0 amide bonds. The van der Waals surface area contributed by atoms with Crippen molar-refractivity contribution >= 4 is 0 Å². The smallest absolute Gasteiger partial charge is 0.115 e. The third-order valence-electron chi connectivity index (χ3n) is 3.86. The average Bonchev–Trinajstić information content (AvgIpc) is 2.50. The topological polar surface area (TPSA) is 43.7 Å². The number of phenols is 1. The zero-order valence-corrected chi connectivity index (χ0v) is 12.7. The van der Waals surface area contributed by atoms with Crippen LogP contribution in [-0.2, 0) is 19.6 Å². The van der Waals surface area contributed by atoms with E-state index in [9.17, 15) is 5.11 Å². The lowest BCUT2D eigenvalue weighted by Gasteiger charge is -2.25. The zero-order chi connectivity index (χ0) is 15.2. The number of hydrogen-bond donors (Lipinski definition) is 2. The second-order valence-corrected chi connectivity index (χ2v) is 5.61. The molecule has 2 aromatic carbocycles. The van der Waals surface area contributed by atoms with Gasteiger partial charge in [0.25, 0.3) is 0 Å². The van der Waals surface area contributed by atoms with Gasteiger partial charge >= 0.3 is 0 Å². The minimum absolute atomic E-state index is 0.0906. The Labute approximate surface area is 126 Å². The van der Waals surface area contributed by atoms with E-state index in [0.717, 1.165) is 18.5 Å². The van der Waals surface area contributed by atoms with Gasteiger partial charge in [0.1, 0.15) is 5.75 Å². The van der Waals surface area contributed by atoms with Gasteiger partial charge in [-0.1, -0.05) is 36.4 Å². The molecule has 112 valence electrons. The first-order valence-corrected chi connectivity index (χ1v) is 7.25. The van der Waals surface area contributed by atoms with E-state index < -0.39 is 0 Å². The maximum atomic E-state index is 9.31. The first-order chi connectivity index (χ1) is 10.1. The van der Waals surface area contributed by atoms with Crippen LogP contribution in [0.2, 0.25) is 0 Å². The summed E-state index contributed by atoms with van der Waals surface area (Å²) >= 11 is 0. The van der Waals surface area contributed by atoms with Crippen molar-refractivity contribution in [3.8, 4) is 5.75 Å². The lowest BCUT2D eigenvalue weighted by atomic mass is 10.1. The van der Waals surface area contributed by atoms with Crippen LogP contribution in [0.3, 0.4) is 0 Å². The molecule has 1 atom stereocenters. The molecular formula is C18H23NO2. The molecule has 3 heteroatoms. The van der Waals surface area contributed by atoms with Gasteiger partial charge in [0.2, 0.25) is 0 Å². The van der Waals surface area contributed by atoms with E-state index in [-0.39, 0.29) is 6.61 Å². The van der Waals surface area contributed by atoms with Crippen LogP contribution >= 0.6 is 0 Å². The number of likely N-dealkylation sites (N-methyl/N-ethyl adjacent to an activating group) is 1. The summed E-state index contributed by atoms with van der Waals surface area (Å²) in [6.45, 7) is 3.17. The van der Waals surface area contributed by atoms with Crippen LogP contribution in [0, 0.1) is 0 Å². The number of benzene rings is 2. The van der Waals surface area contributed by atoms with E-state index in [1.807, 2.05) is 24.3 Å². The van der Waals surface area contributed by atoms with Crippen LogP contribution in [0.1, 0.15) is 23.6 Å². The molecule has 0 heterocycles. The SMILES string of the molecule is CC(Cc1ccc(O)cc1)N(C)Cc1ccc(CO)cc1. The van der Waals surface area contributed by atoms with Gasteiger partial charge in [-0.25, -0.2) is 0 Å². The number of nitrogens with zero attached hydrogens (tertiary/aromatic N) is 1. The molecule has 2 aromatic rings. The highest BCUT2D eigenvalue weighted by Gasteiger charge is 2.10. The Morgan fingerprint density at radius 3 is 2.00 bits per heavy atom. The Kier molecular flexibility index (Phi) is 5.37. The number of aliphatic hydroxyl groups is 1. The molecule has 0 bridgehead atoms. The first kappa shape index (κ1) is 15.5. The average molecular weight is 285 g/mol. The van der Waals surface area contributed by atoms with Crippen molar-refractivity contribution in [2.24, 2.45) is 0 Å². The van der Waals surface area contributed by atoms with Crippen molar-refractivity contribution in [3.63, 3.8) is 0 Å². The quantitative estimate of drug-likeness (QED) is 0.857. The molecular weight excluding hydrogens is 262 g/mol. The molecule has 1 unspecified atom stereocenters. The molecule has 0 aliphatic heterocycles. The van der Waals surface area contributed by atoms with Gasteiger partial charge in [-0.05, 0) is 49.2 Å². The van der Waals surface area contributed by atoms with Crippen molar-refractivity contribution in [1.82, 2.24) is 4.90 Å². The van der Waals surface area contributed by atoms with Gasteiger partial charge in [-0.3, -0.25) is 4.90 Å². The number of phenolic OH excluding ortho intramolecular Hbond substituents is 1. The van der Waals surface area contributed by atoms with E-state index in [0.29, 0.717) is 11.8 Å². The van der Waals surface area contributed by atoms with E-state index in [4.69, 9.17) is 5.11 Å². The summed E-state index contributed by atoms with van der Waals surface area (Å²) in [4.78, 5) is 2.31. The van der Waals surface area contributed by atoms with Crippen LogP contribution in [0.25, 0.3) is 0 Å². The standard InChI is InChI=1S/C18H23NO2/c1-14(11-15-7-9-18(21)10-8-15)19(2)12-16-3-5-17(13-20)6-4-16/h3-10,14,20-21H,11-13H2,1-2H3. The number of hydrogen-bond acceptors (Lipinski definition) is 3. The van der Waals surface area contributed by atoms with Gasteiger partial charge in [0.05, 0.1) is 6.61 Å². The molecule has 0 saturated heterocycles. The molecule has 0 saturated carbocycles. The molecule has 0 aromatic heterocycles. The first-order valence-electron chi connectivity index (χ1n) is 7.25. The van der Waals surface area contributed by atoms with Crippen LogP contribution in [0.15, 0.2) is 48.5 Å². The second-order valence-electron chi connectivity index (χ2n) is 5.61. The molecule has 0 aliphatic carbocycles. The fourth-order valence-electron chi connectivity index (χ4n) is 2.32. The highest BCUT2D eigenvalue weighted by Crippen LogP contribution is 2.15. The highest BCUT2D eigenvalue weighted by atomic mass is 16.3. The van der Waals surface area contributed by atoms with Crippen LogP contribution < -0.4 is 0 Å². The molecule has 2 N–H and O–H groups in total. The largest absolute Gasteiger partial charge is 0.508 e. The molecule has 3 nitrogen and oxygen atoms in total. The maximum absolute atomic E-state index is 9.31. The predicted molar refractivity (Wildman–Crippen MR) is 85.1 cm³/mol. The Morgan fingerprint density at radius 2 is 1.43 bits per heavy atom. The Balaban J connectivity index is 1.92. The minimum Gasteiger partial charge on any atom is -0.508 e. The number of rotatable bonds is 6. The molecule has 21 heavy (non-hydrogen) atoms. The minimum atomic E-state index is 0.0906. The summed E-state index contributed by atoms with van der Waals surface area (Å²) in [6, 6.07) is 15.9. The lowest BCUT2D eigenvalue weighted by Crippen LogP contribution is -2.30. The van der Waals surface area contributed by atoms with E-state index >= 15 is 0 Å². The summed E-state index contributed by atoms with van der Waals surface area (Å²) in [7, 11) is 2.12. The van der Waals surface area contributed by atoms with Gasteiger partial charge in [-0.2, -0.15) is 0 Å². The zero-order valence-electron chi connectivity index (χ0n) is 12.7. The summed E-state index contributed by atoms with van der Waals surface area (Å²) in [5.41, 5.74) is 3.41. The van der Waals surface area contributed by atoms with Crippen molar-refractivity contribution in [3.05, 3.63) is 65.2 Å². The molecule has 0 spiro atoms. The normalized spacial score (nSPS) is 12.6. The maximum Gasteiger partial charge on any atom is 0.115 e. The second kappa shape index (κ2) is 7.25. The van der Waals surface area contributed by atoms with Crippen molar-refractivity contribution in [1.29, 1.82) is 0 Å². The number of aromatic hydroxyl groups is 1. The van der Waals surface area contributed by atoms with Crippen LogP contribution in [-0.4, -0.2) is 28.2 Å². The summed E-state index contributed by atoms with van der Waals surface area (Å²) < 4.78 is 0. The Bertz CT molecular complexity index is 548. The van der Waals surface area contributed by atoms with Gasteiger partial charge in [-0.15, -0.1) is 0 Å². The van der Waals surface area contributed by atoms with Crippen molar-refractivity contribution in [2.75, 3.05) is 7.05 Å². The van der Waals surface area contributed by atoms with Gasteiger partial charge in [0.15, 0.2) is 0 Å². The van der Waals surface area contributed by atoms with E-state index in [2.05, 4.69) is 31.0 Å². The summed E-state index contributed by atoms with van der Waals surface area (Å²) in [5, 5.41) is 18.4. The third kappa shape index (κ3) is 4.59. The van der Waals surface area contributed by atoms with Crippen LogP contribution in [0.5, 0.6) is 5.75 Å². The fourth-order valence-corrected chi connectivity index (χ4v) is 2.32. The molecule has 0 radical (unpaired) electrons. The molecule has 0 fully saturated rings. The van der Waals surface area contributed by atoms with Gasteiger partial charge in [0, 0.05) is 12.6 Å². The molecule has 2 rings (SSSR count). The van der Waals surface area contributed by atoms with Crippen molar-refractivity contribution < 1.29 is 10.2 Å². The van der Waals surface area contributed by atoms with E-state index in [1.54, 1.807) is 12.1 Å².